The van der Waals surface area contributed by atoms with Gasteiger partial charge in [0.1, 0.15) is 0 Å². The molecule has 0 saturated carbocycles. The summed E-state index contributed by atoms with van der Waals surface area (Å²) in [7, 11) is 0. The maximum atomic E-state index is 4.15. The van der Waals surface area contributed by atoms with Gasteiger partial charge in [0.2, 0.25) is 0 Å². The molecule has 0 saturated heterocycles. The summed E-state index contributed by atoms with van der Waals surface area (Å²) >= 11 is 5.00. The molecule has 2 aromatic rings. The van der Waals surface area contributed by atoms with E-state index < -0.39 is 0 Å². The number of hydrogen-bond acceptors (Lipinski definition) is 2. The summed E-state index contributed by atoms with van der Waals surface area (Å²) in [4.78, 5) is 5.35. The highest BCUT2D eigenvalue weighted by atomic mass is 79.9. The largest absolute Gasteiger partial charge is 0.237 e. The third-order valence-electron chi connectivity index (χ3n) is 1.81. The monoisotopic (exact) mass is 253 g/mol. The van der Waals surface area contributed by atoms with Gasteiger partial charge in [0.25, 0.3) is 0 Å². The standard InChI is InChI=1S/C10H8BrNS/c1-7-2-4-8(5-3-7)9-6-12-10(11)13-9/h2-6H,1H3. The summed E-state index contributed by atoms with van der Waals surface area (Å²) in [5, 5.41) is 0. The molecule has 1 nitrogen and oxygen atoms in total. The van der Waals surface area contributed by atoms with Gasteiger partial charge in [-0.15, -0.1) is 11.3 Å². The highest BCUT2D eigenvalue weighted by molar-refractivity contribution is 9.11. The molecule has 0 amide bonds. The molecule has 0 aliphatic heterocycles. The SMILES string of the molecule is Cc1ccc(-c2cnc(Br)s2)cc1. The van der Waals surface area contributed by atoms with Crippen molar-refractivity contribution in [2.45, 2.75) is 6.92 Å². The second-order valence-electron chi connectivity index (χ2n) is 2.84. The number of benzene rings is 1. The Balaban J connectivity index is 2.41. The zero-order chi connectivity index (χ0) is 9.26. The van der Waals surface area contributed by atoms with Crippen LogP contribution >= 0.6 is 27.3 Å². The van der Waals surface area contributed by atoms with Crippen molar-refractivity contribution in [2.75, 3.05) is 0 Å². The van der Waals surface area contributed by atoms with Gasteiger partial charge in [0.15, 0.2) is 3.92 Å². The Morgan fingerprint density at radius 2 is 1.92 bits per heavy atom. The molecule has 0 spiro atoms. The van der Waals surface area contributed by atoms with E-state index in [9.17, 15) is 0 Å². The predicted molar refractivity (Wildman–Crippen MR) is 60.0 cm³/mol. The lowest BCUT2D eigenvalue weighted by atomic mass is 10.1. The number of nitrogens with zero attached hydrogens (tertiary/aromatic N) is 1. The molecule has 0 bridgehead atoms. The predicted octanol–water partition coefficient (Wildman–Crippen LogP) is 3.88. The van der Waals surface area contributed by atoms with Crippen LogP contribution in [-0.2, 0) is 0 Å². The topological polar surface area (TPSA) is 12.9 Å². The minimum absolute atomic E-state index is 0.933. The van der Waals surface area contributed by atoms with E-state index in [1.54, 1.807) is 11.3 Å². The number of halogens is 1. The summed E-state index contributed by atoms with van der Waals surface area (Å²) in [6.07, 6.45) is 1.89. The molecule has 0 aliphatic carbocycles. The molecule has 0 aliphatic rings. The Morgan fingerprint density at radius 3 is 2.46 bits per heavy atom. The lowest BCUT2D eigenvalue weighted by Crippen LogP contribution is -1.73. The fourth-order valence-electron chi connectivity index (χ4n) is 1.10. The van der Waals surface area contributed by atoms with Crippen LogP contribution in [-0.4, -0.2) is 4.98 Å². The first-order valence-electron chi connectivity index (χ1n) is 3.94. The number of rotatable bonds is 1. The van der Waals surface area contributed by atoms with E-state index >= 15 is 0 Å². The highest BCUT2D eigenvalue weighted by Crippen LogP contribution is 2.28. The summed E-state index contributed by atoms with van der Waals surface area (Å²) in [6, 6.07) is 8.47. The molecule has 0 radical (unpaired) electrons. The summed E-state index contributed by atoms with van der Waals surface area (Å²) in [6.45, 7) is 2.09. The van der Waals surface area contributed by atoms with Gasteiger partial charge in [-0.2, -0.15) is 0 Å². The van der Waals surface area contributed by atoms with Crippen molar-refractivity contribution in [2.24, 2.45) is 0 Å². The number of aryl methyl sites for hydroxylation is 1. The number of thiazole rings is 1. The van der Waals surface area contributed by atoms with Gasteiger partial charge in [0, 0.05) is 6.20 Å². The van der Waals surface area contributed by atoms with Gasteiger partial charge < -0.3 is 0 Å². The number of hydrogen-bond donors (Lipinski definition) is 0. The highest BCUT2D eigenvalue weighted by Gasteiger charge is 2.00. The van der Waals surface area contributed by atoms with Crippen molar-refractivity contribution < 1.29 is 0 Å². The maximum Gasteiger partial charge on any atom is 0.159 e. The molecule has 13 heavy (non-hydrogen) atoms. The normalized spacial score (nSPS) is 10.3. The van der Waals surface area contributed by atoms with Crippen LogP contribution in [0.5, 0.6) is 0 Å². The van der Waals surface area contributed by atoms with Crippen molar-refractivity contribution in [1.29, 1.82) is 0 Å². The van der Waals surface area contributed by atoms with E-state index in [2.05, 4.69) is 52.1 Å². The third kappa shape index (κ3) is 1.98. The molecule has 0 unspecified atom stereocenters. The summed E-state index contributed by atoms with van der Waals surface area (Å²) < 4.78 is 0.933. The van der Waals surface area contributed by atoms with Gasteiger partial charge in [-0.25, -0.2) is 4.98 Å². The van der Waals surface area contributed by atoms with E-state index in [1.165, 1.54) is 16.0 Å². The Hall–Kier alpha value is -0.670. The molecule has 2 rings (SSSR count). The minimum Gasteiger partial charge on any atom is -0.237 e. The van der Waals surface area contributed by atoms with E-state index in [0.29, 0.717) is 0 Å². The van der Waals surface area contributed by atoms with Crippen molar-refractivity contribution in [3.8, 4) is 10.4 Å². The zero-order valence-corrected chi connectivity index (χ0v) is 9.52. The maximum absolute atomic E-state index is 4.15. The summed E-state index contributed by atoms with van der Waals surface area (Å²) in [5.74, 6) is 0. The summed E-state index contributed by atoms with van der Waals surface area (Å²) in [5.41, 5.74) is 2.51. The second kappa shape index (κ2) is 3.60. The Labute approximate surface area is 89.6 Å². The Kier molecular flexibility index (Phi) is 2.47. The molecule has 1 aromatic carbocycles. The molecule has 0 fully saturated rings. The van der Waals surface area contributed by atoms with E-state index in [-0.39, 0.29) is 0 Å². The molecular formula is C10H8BrNS. The van der Waals surface area contributed by atoms with Crippen LogP contribution in [0.4, 0.5) is 0 Å². The van der Waals surface area contributed by atoms with E-state index in [0.717, 1.165) is 3.92 Å². The molecule has 66 valence electrons. The first-order valence-corrected chi connectivity index (χ1v) is 5.55. The fourth-order valence-corrected chi connectivity index (χ4v) is 2.38. The molecule has 1 heterocycles. The quantitative estimate of drug-likeness (QED) is 0.752. The second-order valence-corrected chi connectivity index (χ2v) is 5.15. The van der Waals surface area contributed by atoms with Crippen molar-refractivity contribution >= 4 is 27.3 Å². The molecule has 3 heteroatoms. The lowest BCUT2D eigenvalue weighted by Gasteiger charge is -1.96. The Bertz CT molecular complexity index is 405. The lowest BCUT2D eigenvalue weighted by molar-refractivity contribution is 1.38. The van der Waals surface area contributed by atoms with Crippen LogP contribution in [0.1, 0.15) is 5.56 Å². The van der Waals surface area contributed by atoms with Crippen LogP contribution in [0.25, 0.3) is 10.4 Å². The third-order valence-corrected chi connectivity index (χ3v) is 3.34. The van der Waals surface area contributed by atoms with E-state index in [4.69, 9.17) is 0 Å². The van der Waals surface area contributed by atoms with Crippen molar-refractivity contribution in [3.05, 3.63) is 39.9 Å². The van der Waals surface area contributed by atoms with Crippen molar-refractivity contribution in [3.63, 3.8) is 0 Å². The molecular weight excluding hydrogens is 246 g/mol. The zero-order valence-electron chi connectivity index (χ0n) is 7.12. The molecule has 1 aromatic heterocycles. The van der Waals surface area contributed by atoms with Gasteiger partial charge in [0.05, 0.1) is 4.88 Å². The van der Waals surface area contributed by atoms with E-state index in [1.807, 2.05) is 6.20 Å². The fraction of sp³-hybridized carbons (Fsp3) is 0.100. The van der Waals surface area contributed by atoms with Crippen LogP contribution in [0, 0.1) is 6.92 Å². The van der Waals surface area contributed by atoms with Gasteiger partial charge in [-0.05, 0) is 28.4 Å². The van der Waals surface area contributed by atoms with Crippen LogP contribution in [0.2, 0.25) is 0 Å². The van der Waals surface area contributed by atoms with Gasteiger partial charge in [-0.3, -0.25) is 0 Å². The van der Waals surface area contributed by atoms with Gasteiger partial charge >= 0.3 is 0 Å². The smallest absolute Gasteiger partial charge is 0.159 e. The van der Waals surface area contributed by atoms with Crippen LogP contribution in [0.3, 0.4) is 0 Å². The first-order chi connectivity index (χ1) is 6.25. The van der Waals surface area contributed by atoms with Gasteiger partial charge in [-0.1, -0.05) is 29.8 Å². The minimum atomic E-state index is 0.933. The van der Waals surface area contributed by atoms with Crippen LogP contribution < -0.4 is 0 Å². The average Bonchev–Trinajstić information content (AvgIpc) is 2.53. The van der Waals surface area contributed by atoms with Crippen molar-refractivity contribution in [1.82, 2.24) is 4.98 Å². The Morgan fingerprint density at radius 1 is 1.23 bits per heavy atom. The molecule has 0 atom stereocenters. The molecule has 0 N–H and O–H groups in total. The first kappa shape index (κ1) is 8.91. The average molecular weight is 254 g/mol. The van der Waals surface area contributed by atoms with Crippen LogP contribution in [0.15, 0.2) is 34.4 Å². The number of aromatic nitrogens is 1.